The predicted octanol–water partition coefficient (Wildman–Crippen LogP) is 2.22. The van der Waals surface area contributed by atoms with Gasteiger partial charge < -0.3 is 9.80 Å². The Morgan fingerprint density at radius 1 is 1.26 bits per heavy atom. The Balaban J connectivity index is 1.74. The van der Waals surface area contributed by atoms with Gasteiger partial charge in [0.25, 0.3) is 0 Å². The average molecular weight is 274 g/mol. The smallest absolute Gasteiger partial charge is 0.141 e. The number of piperidine rings is 1. The first-order valence-electron chi connectivity index (χ1n) is 6.96. The lowest BCUT2D eigenvalue weighted by Crippen LogP contribution is -2.47. The molecule has 0 bridgehead atoms. The van der Waals surface area contributed by atoms with E-state index < -0.39 is 0 Å². The minimum Gasteiger partial charge on any atom is -0.351 e. The van der Waals surface area contributed by atoms with Crippen molar-refractivity contribution in [3.05, 3.63) is 17.8 Å². The van der Waals surface area contributed by atoms with Crippen molar-refractivity contribution < 1.29 is 0 Å². The Morgan fingerprint density at radius 3 is 3.11 bits per heavy atom. The standard InChI is InChI=1S/C14H18N4S/c1-17-5-2-10-3-6-18(12(10)8-17)13-11-4-7-19-14(11)16-9-15-13/h4,7,9-10,12H,2-3,5-6,8H2,1H3. The van der Waals surface area contributed by atoms with Gasteiger partial charge in [-0.3, -0.25) is 0 Å². The third-order valence-corrected chi connectivity index (χ3v) is 5.40. The third-order valence-electron chi connectivity index (χ3n) is 4.58. The molecule has 2 aromatic heterocycles. The molecule has 2 aliphatic heterocycles. The van der Waals surface area contributed by atoms with Crippen molar-refractivity contribution in [2.24, 2.45) is 5.92 Å². The lowest BCUT2D eigenvalue weighted by molar-refractivity contribution is 0.208. The van der Waals surface area contributed by atoms with Gasteiger partial charge >= 0.3 is 0 Å². The van der Waals surface area contributed by atoms with Crippen LogP contribution in [-0.4, -0.2) is 47.6 Å². The Morgan fingerprint density at radius 2 is 2.16 bits per heavy atom. The Kier molecular flexibility index (Phi) is 2.70. The van der Waals surface area contributed by atoms with Crippen molar-refractivity contribution in [2.75, 3.05) is 31.6 Å². The van der Waals surface area contributed by atoms with E-state index >= 15 is 0 Å². The van der Waals surface area contributed by atoms with Gasteiger partial charge in [0.1, 0.15) is 17.0 Å². The predicted molar refractivity (Wildman–Crippen MR) is 78.8 cm³/mol. The monoisotopic (exact) mass is 274 g/mol. The van der Waals surface area contributed by atoms with E-state index in [0.717, 1.165) is 23.1 Å². The molecule has 0 saturated carbocycles. The number of thiophene rings is 1. The summed E-state index contributed by atoms with van der Waals surface area (Å²) in [6, 6.07) is 2.80. The van der Waals surface area contributed by atoms with Crippen molar-refractivity contribution in [2.45, 2.75) is 18.9 Å². The van der Waals surface area contributed by atoms with E-state index in [0.29, 0.717) is 6.04 Å². The number of hydrogen-bond donors (Lipinski definition) is 0. The summed E-state index contributed by atoms with van der Waals surface area (Å²) in [4.78, 5) is 15.0. The maximum Gasteiger partial charge on any atom is 0.141 e. The maximum atomic E-state index is 4.58. The van der Waals surface area contributed by atoms with Crippen LogP contribution in [-0.2, 0) is 0 Å². The molecule has 0 amide bonds. The molecule has 0 radical (unpaired) electrons. The molecule has 4 rings (SSSR count). The fourth-order valence-corrected chi connectivity index (χ4v) is 4.29. The van der Waals surface area contributed by atoms with Gasteiger partial charge in [0, 0.05) is 19.1 Å². The molecule has 2 aromatic rings. The van der Waals surface area contributed by atoms with E-state index in [-0.39, 0.29) is 0 Å². The first-order chi connectivity index (χ1) is 9.33. The van der Waals surface area contributed by atoms with Crippen LogP contribution in [0, 0.1) is 5.92 Å². The quantitative estimate of drug-likeness (QED) is 0.798. The summed E-state index contributed by atoms with van der Waals surface area (Å²) in [5, 5.41) is 3.34. The van der Waals surface area contributed by atoms with Crippen LogP contribution in [0.25, 0.3) is 10.2 Å². The highest BCUT2D eigenvalue weighted by molar-refractivity contribution is 7.16. The van der Waals surface area contributed by atoms with E-state index in [1.165, 1.54) is 31.3 Å². The number of likely N-dealkylation sites (tertiary alicyclic amines) is 1. The van der Waals surface area contributed by atoms with Gasteiger partial charge in [-0.2, -0.15) is 0 Å². The summed E-state index contributed by atoms with van der Waals surface area (Å²) in [5.74, 6) is 1.99. The van der Waals surface area contributed by atoms with Crippen molar-refractivity contribution in [3.8, 4) is 0 Å². The third kappa shape index (κ3) is 1.83. The topological polar surface area (TPSA) is 32.3 Å². The molecule has 0 spiro atoms. The largest absolute Gasteiger partial charge is 0.351 e. The zero-order valence-electron chi connectivity index (χ0n) is 11.1. The van der Waals surface area contributed by atoms with E-state index in [2.05, 4.69) is 38.3 Å². The number of rotatable bonds is 1. The molecular weight excluding hydrogens is 256 g/mol. The van der Waals surface area contributed by atoms with Crippen LogP contribution in [0.4, 0.5) is 5.82 Å². The molecule has 2 fully saturated rings. The van der Waals surface area contributed by atoms with Crippen LogP contribution in [0.3, 0.4) is 0 Å². The SMILES string of the molecule is CN1CCC2CCN(c3ncnc4sccc34)C2C1. The van der Waals surface area contributed by atoms with Crippen LogP contribution in [0.1, 0.15) is 12.8 Å². The molecular formula is C14H18N4S. The number of anilines is 1. The van der Waals surface area contributed by atoms with E-state index in [9.17, 15) is 0 Å². The van der Waals surface area contributed by atoms with Crippen molar-refractivity contribution in [3.63, 3.8) is 0 Å². The number of aromatic nitrogens is 2. The molecule has 4 heterocycles. The molecule has 2 saturated heterocycles. The lowest BCUT2D eigenvalue weighted by atomic mass is 9.92. The van der Waals surface area contributed by atoms with Gasteiger partial charge in [-0.1, -0.05) is 0 Å². The highest BCUT2D eigenvalue weighted by Crippen LogP contribution is 2.37. The Bertz CT molecular complexity index is 596. The van der Waals surface area contributed by atoms with E-state index in [1.807, 2.05) is 0 Å². The van der Waals surface area contributed by atoms with Gasteiger partial charge in [0.05, 0.1) is 5.39 Å². The van der Waals surface area contributed by atoms with Gasteiger partial charge in [0.2, 0.25) is 0 Å². The summed E-state index contributed by atoms with van der Waals surface area (Å²) < 4.78 is 0. The fourth-order valence-electron chi connectivity index (χ4n) is 3.57. The highest BCUT2D eigenvalue weighted by Gasteiger charge is 2.38. The van der Waals surface area contributed by atoms with Gasteiger partial charge in [0.15, 0.2) is 0 Å². The molecule has 0 N–H and O–H groups in total. The summed E-state index contributed by atoms with van der Waals surface area (Å²) in [6.45, 7) is 3.55. The van der Waals surface area contributed by atoms with Gasteiger partial charge in [-0.05, 0) is 43.8 Å². The Hall–Kier alpha value is -1.20. The molecule has 4 nitrogen and oxygen atoms in total. The van der Waals surface area contributed by atoms with Crippen LogP contribution in [0.5, 0.6) is 0 Å². The number of likely N-dealkylation sites (N-methyl/N-ethyl adjacent to an activating group) is 1. The van der Waals surface area contributed by atoms with Crippen molar-refractivity contribution >= 4 is 27.4 Å². The highest BCUT2D eigenvalue weighted by atomic mass is 32.1. The summed E-state index contributed by atoms with van der Waals surface area (Å²) >= 11 is 1.70. The van der Waals surface area contributed by atoms with Gasteiger partial charge in [-0.15, -0.1) is 11.3 Å². The summed E-state index contributed by atoms with van der Waals surface area (Å²) in [7, 11) is 2.23. The minimum atomic E-state index is 0.636. The zero-order chi connectivity index (χ0) is 12.8. The van der Waals surface area contributed by atoms with Crippen LogP contribution in [0.2, 0.25) is 0 Å². The zero-order valence-corrected chi connectivity index (χ0v) is 11.9. The number of nitrogens with zero attached hydrogens (tertiary/aromatic N) is 4. The normalized spacial score (nSPS) is 27.9. The van der Waals surface area contributed by atoms with E-state index in [1.54, 1.807) is 17.7 Å². The van der Waals surface area contributed by atoms with Gasteiger partial charge in [-0.25, -0.2) is 9.97 Å². The minimum absolute atomic E-state index is 0.636. The molecule has 5 heteroatoms. The lowest BCUT2D eigenvalue weighted by Gasteiger charge is -2.37. The molecule has 2 atom stereocenters. The molecule has 0 aliphatic carbocycles. The summed E-state index contributed by atoms with van der Waals surface area (Å²) in [5.41, 5.74) is 0. The van der Waals surface area contributed by atoms with Crippen molar-refractivity contribution in [1.82, 2.24) is 14.9 Å². The molecule has 100 valence electrons. The average Bonchev–Trinajstić information content (AvgIpc) is 3.03. The van der Waals surface area contributed by atoms with Crippen molar-refractivity contribution in [1.29, 1.82) is 0 Å². The van der Waals surface area contributed by atoms with Crippen LogP contribution >= 0.6 is 11.3 Å². The summed E-state index contributed by atoms with van der Waals surface area (Å²) in [6.07, 6.45) is 4.36. The Labute approximate surface area is 117 Å². The van der Waals surface area contributed by atoms with Crippen LogP contribution in [0.15, 0.2) is 17.8 Å². The van der Waals surface area contributed by atoms with E-state index in [4.69, 9.17) is 0 Å². The number of fused-ring (bicyclic) bond motifs is 2. The maximum absolute atomic E-state index is 4.58. The number of hydrogen-bond acceptors (Lipinski definition) is 5. The first kappa shape index (κ1) is 11.6. The molecule has 19 heavy (non-hydrogen) atoms. The second kappa shape index (κ2) is 4.42. The fraction of sp³-hybridized carbons (Fsp3) is 0.571. The van der Waals surface area contributed by atoms with Crippen LogP contribution < -0.4 is 4.90 Å². The molecule has 2 unspecified atom stereocenters. The second-order valence-electron chi connectivity index (χ2n) is 5.70. The molecule has 2 aliphatic rings. The molecule has 0 aromatic carbocycles. The second-order valence-corrected chi connectivity index (χ2v) is 6.59. The first-order valence-corrected chi connectivity index (χ1v) is 7.84.